The molecule has 0 aromatic carbocycles. The van der Waals surface area contributed by atoms with Crippen molar-refractivity contribution < 1.29 is 24.0 Å². The van der Waals surface area contributed by atoms with Crippen LogP contribution in [-0.4, -0.2) is 37.5 Å². The fraction of sp³-hybridized carbons (Fsp3) is 1.00. The molecule has 0 aliphatic heterocycles. The molecule has 1 unspecified atom stereocenters. The fourth-order valence-corrected chi connectivity index (χ4v) is 3.95. The molecule has 0 bridgehead atoms. The Morgan fingerprint density at radius 1 is 0.857 bits per heavy atom. The van der Waals surface area contributed by atoms with E-state index in [2.05, 4.69) is 20.8 Å². The van der Waals surface area contributed by atoms with Crippen LogP contribution in [0.1, 0.15) is 105 Å². The van der Waals surface area contributed by atoms with Gasteiger partial charge in [-0.2, -0.15) is 4.89 Å². The predicted octanol–water partition coefficient (Wildman–Crippen LogP) is 6.15. The normalized spacial score (nSPS) is 22.1. The summed E-state index contributed by atoms with van der Waals surface area (Å²) in [5, 5.41) is 0. The summed E-state index contributed by atoms with van der Waals surface area (Å²) in [6, 6.07) is 0. The zero-order valence-corrected chi connectivity index (χ0v) is 19.0. The van der Waals surface area contributed by atoms with E-state index >= 15 is 0 Å². The first kappa shape index (κ1) is 24.1. The number of hydrogen-bond acceptors (Lipinski definition) is 5. The molecule has 28 heavy (non-hydrogen) atoms. The molecule has 0 N–H and O–H groups in total. The summed E-state index contributed by atoms with van der Waals surface area (Å²) in [5.41, 5.74) is -0.504. The van der Waals surface area contributed by atoms with Gasteiger partial charge in [0.25, 0.3) is 0 Å². The van der Waals surface area contributed by atoms with Crippen molar-refractivity contribution in [1.82, 2.24) is 0 Å². The molecule has 5 nitrogen and oxygen atoms in total. The Kier molecular flexibility index (Phi) is 10.2. The summed E-state index contributed by atoms with van der Waals surface area (Å²) in [5.74, 6) is -1.25. The zero-order valence-electron chi connectivity index (χ0n) is 19.0. The highest BCUT2D eigenvalue weighted by atomic mass is 17.3. The molecule has 0 radical (unpaired) electrons. The molecule has 0 aromatic rings. The SMILES string of the molecule is CCCCOCC(C)(C)C(OOC(C)C)(OC1CCCCC1)OC1CCCC1. The second-order valence-electron chi connectivity index (χ2n) is 9.48. The third kappa shape index (κ3) is 7.24. The first-order valence-corrected chi connectivity index (χ1v) is 11.7. The molecule has 0 spiro atoms. The van der Waals surface area contributed by atoms with E-state index in [0.717, 1.165) is 45.1 Å². The van der Waals surface area contributed by atoms with Gasteiger partial charge in [-0.1, -0.05) is 45.4 Å². The second-order valence-corrected chi connectivity index (χ2v) is 9.48. The maximum Gasteiger partial charge on any atom is 0.320 e. The van der Waals surface area contributed by atoms with Crippen molar-refractivity contribution in [1.29, 1.82) is 0 Å². The zero-order chi connectivity index (χ0) is 20.5. The Hall–Kier alpha value is -0.200. The third-order valence-corrected chi connectivity index (χ3v) is 5.78. The minimum absolute atomic E-state index is 0.0710. The van der Waals surface area contributed by atoms with Crippen LogP contribution in [-0.2, 0) is 24.0 Å². The Morgan fingerprint density at radius 3 is 1.89 bits per heavy atom. The maximum absolute atomic E-state index is 6.66. The van der Waals surface area contributed by atoms with E-state index < -0.39 is 11.4 Å². The molecular formula is C23H44O5. The lowest BCUT2D eigenvalue weighted by molar-refractivity contribution is -0.556. The van der Waals surface area contributed by atoms with Crippen molar-refractivity contribution >= 4 is 0 Å². The van der Waals surface area contributed by atoms with Crippen LogP contribution >= 0.6 is 0 Å². The van der Waals surface area contributed by atoms with Crippen LogP contribution in [0.3, 0.4) is 0 Å². The molecule has 0 amide bonds. The van der Waals surface area contributed by atoms with Crippen molar-refractivity contribution in [3.63, 3.8) is 0 Å². The van der Waals surface area contributed by atoms with Crippen LogP contribution in [0, 0.1) is 5.41 Å². The average Bonchev–Trinajstić information content (AvgIpc) is 3.17. The van der Waals surface area contributed by atoms with E-state index in [4.69, 9.17) is 24.0 Å². The van der Waals surface area contributed by atoms with Crippen LogP contribution in [0.5, 0.6) is 0 Å². The lowest BCUT2D eigenvalue weighted by Gasteiger charge is -2.47. The smallest absolute Gasteiger partial charge is 0.320 e. The van der Waals surface area contributed by atoms with E-state index in [1.54, 1.807) is 0 Å². The monoisotopic (exact) mass is 400 g/mol. The van der Waals surface area contributed by atoms with Crippen molar-refractivity contribution in [3.8, 4) is 0 Å². The van der Waals surface area contributed by atoms with Gasteiger partial charge >= 0.3 is 5.97 Å². The number of hydrogen-bond donors (Lipinski definition) is 0. The summed E-state index contributed by atoms with van der Waals surface area (Å²) in [6.45, 7) is 11.6. The number of ether oxygens (including phenoxy) is 3. The van der Waals surface area contributed by atoms with Gasteiger partial charge in [-0.3, -0.25) is 0 Å². The molecule has 2 aliphatic rings. The second kappa shape index (κ2) is 11.8. The van der Waals surface area contributed by atoms with Crippen molar-refractivity contribution in [2.45, 2.75) is 130 Å². The third-order valence-electron chi connectivity index (χ3n) is 5.78. The molecule has 2 fully saturated rings. The van der Waals surface area contributed by atoms with Crippen molar-refractivity contribution in [3.05, 3.63) is 0 Å². The summed E-state index contributed by atoms with van der Waals surface area (Å²) < 4.78 is 19.3. The van der Waals surface area contributed by atoms with Gasteiger partial charge in [0.15, 0.2) is 0 Å². The molecule has 166 valence electrons. The molecule has 0 heterocycles. The van der Waals surface area contributed by atoms with Crippen LogP contribution < -0.4 is 0 Å². The summed E-state index contributed by atoms with van der Waals surface area (Å²) in [6.07, 6.45) is 12.7. The van der Waals surface area contributed by atoms with E-state index in [1.807, 2.05) is 13.8 Å². The molecule has 0 aromatic heterocycles. The Morgan fingerprint density at radius 2 is 1.39 bits per heavy atom. The Bertz CT molecular complexity index is 413. The highest BCUT2D eigenvalue weighted by molar-refractivity contribution is 4.84. The Labute approximate surface area is 172 Å². The first-order chi connectivity index (χ1) is 13.4. The topological polar surface area (TPSA) is 46.2 Å². The molecule has 2 aliphatic carbocycles. The highest BCUT2D eigenvalue weighted by Gasteiger charge is 2.54. The van der Waals surface area contributed by atoms with Crippen molar-refractivity contribution in [2.75, 3.05) is 13.2 Å². The minimum atomic E-state index is -1.25. The Balaban J connectivity index is 2.20. The average molecular weight is 401 g/mol. The van der Waals surface area contributed by atoms with E-state index in [0.29, 0.717) is 6.61 Å². The highest BCUT2D eigenvalue weighted by Crippen LogP contribution is 2.43. The van der Waals surface area contributed by atoms with Gasteiger partial charge in [0.05, 0.1) is 30.3 Å². The van der Waals surface area contributed by atoms with Crippen LogP contribution in [0.15, 0.2) is 0 Å². The fourth-order valence-electron chi connectivity index (χ4n) is 3.95. The van der Waals surface area contributed by atoms with Gasteiger partial charge in [0, 0.05) is 6.61 Å². The van der Waals surface area contributed by atoms with Gasteiger partial charge in [-0.15, -0.1) is 0 Å². The van der Waals surface area contributed by atoms with E-state index in [9.17, 15) is 0 Å². The van der Waals surface area contributed by atoms with Crippen LogP contribution in [0.4, 0.5) is 0 Å². The summed E-state index contributed by atoms with van der Waals surface area (Å²) in [4.78, 5) is 11.7. The lowest BCUT2D eigenvalue weighted by Crippen LogP contribution is -2.57. The van der Waals surface area contributed by atoms with Crippen molar-refractivity contribution in [2.24, 2.45) is 5.41 Å². The largest absolute Gasteiger partial charge is 0.381 e. The quantitative estimate of drug-likeness (QED) is 0.161. The molecule has 0 saturated heterocycles. The van der Waals surface area contributed by atoms with Gasteiger partial charge < -0.3 is 14.2 Å². The maximum atomic E-state index is 6.66. The molecule has 2 rings (SSSR count). The molecular weight excluding hydrogens is 356 g/mol. The number of rotatable bonds is 13. The van der Waals surface area contributed by atoms with Gasteiger partial charge in [0.1, 0.15) is 0 Å². The number of unbranched alkanes of at least 4 members (excludes halogenated alkanes) is 1. The van der Waals surface area contributed by atoms with Gasteiger partial charge in [-0.05, 0) is 59.8 Å². The van der Waals surface area contributed by atoms with E-state index in [1.165, 1.54) is 32.1 Å². The van der Waals surface area contributed by atoms with E-state index in [-0.39, 0.29) is 18.3 Å². The van der Waals surface area contributed by atoms with Crippen LogP contribution in [0.2, 0.25) is 0 Å². The van der Waals surface area contributed by atoms with Gasteiger partial charge in [-0.25, -0.2) is 4.89 Å². The van der Waals surface area contributed by atoms with Gasteiger partial charge in [0.2, 0.25) is 0 Å². The summed E-state index contributed by atoms with van der Waals surface area (Å²) in [7, 11) is 0. The molecule has 5 heteroatoms. The molecule has 2 saturated carbocycles. The summed E-state index contributed by atoms with van der Waals surface area (Å²) >= 11 is 0. The molecule has 1 atom stereocenters. The minimum Gasteiger partial charge on any atom is -0.381 e. The van der Waals surface area contributed by atoms with Crippen LogP contribution in [0.25, 0.3) is 0 Å². The lowest BCUT2D eigenvalue weighted by atomic mass is 9.89. The standard InChI is InChI=1S/C23H44O5/c1-6-7-17-24-18-22(4,5)23(28-27-19(2)3,26-21-15-11-12-16-21)25-20-13-9-8-10-14-20/h19-21H,6-18H2,1-5H3. The first-order valence-electron chi connectivity index (χ1n) is 11.7. The predicted molar refractivity (Wildman–Crippen MR) is 111 cm³/mol.